The predicted molar refractivity (Wildman–Crippen MR) is 69.1 cm³/mol. The minimum Gasteiger partial charge on any atom is -0.292 e. The summed E-state index contributed by atoms with van der Waals surface area (Å²) in [6.07, 6.45) is 3.42. The highest BCUT2D eigenvalue weighted by atomic mass is 32.2. The number of hydrogen-bond acceptors (Lipinski definition) is 5. The number of nitrogens with zero attached hydrogens (tertiary/aromatic N) is 4. The standard InChI is InChI=1S/C11H12N4OS/c1-8(9-3-5-12-6-4-9)13-14-11-15(2)10(16)7-17-11/h3-6H,7H2,1-2H3/b13-8+,14-11-. The number of amidine groups is 1. The van der Waals surface area contributed by atoms with Crippen molar-refractivity contribution in [3.8, 4) is 0 Å². The fourth-order valence-corrected chi connectivity index (χ4v) is 2.13. The molecule has 0 spiro atoms. The van der Waals surface area contributed by atoms with E-state index in [2.05, 4.69) is 15.2 Å². The van der Waals surface area contributed by atoms with Gasteiger partial charge in [-0.2, -0.15) is 5.10 Å². The van der Waals surface area contributed by atoms with Crippen LogP contribution in [-0.2, 0) is 4.79 Å². The summed E-state index contributed by atoms with van der Waals surface area (Å²) in [6.45, 7) is 1.88. The van der Waals surface area contributed by atoms with Gasteiger partial charge in [0.05, 0.1) is 11.5 Å². The highest BCUT2D eigenvalue weighted by Crippen LogP contribution is 2.17. The molecule has 0 aliphatic carbocycles. The molecule has 1 aromatic heterocycles. The van der Waals surface area contributed by atoms with E-state index in [4.69, 9.17) is 0 Å². The van der Waals surface area contributed by atoms with E-state index in [-0.39, 0.29) is 5.91 Å². The summed E-state index contributed by atoms with van der Waals surface area (Å²) in [7, 11) is 1.71. The molecule has 0 atom stereocenters. The summed E-state index contributed by atoms with van der Waals surface area (Å²) in [5.41, 5.74) is 1.77. The van der Waals surface area contributed by atoms with Crippen LogP contribution in [0.3, 0.4) is 0 Å². The maximum absolute atomic E-state index is 11.3. The summed E-state index contributed by atoms with van der Waals surface area (Å²) in [4.78, 5) is 16.7. The van der Waals surface area contributed by atoms with Crippen LogP contribution >= 0.6 is 11.8 Å². The molecule has 1 saturated heterocycles. The molecule has 0 unspecified atom stereocenters. The largest absolute Gasteiger partial charge is 0.292 e. The van der Waals surface area contributed by atoms with Gasteiger partial charge < -0.3 is 0 Å². The highest BCUT2D eigenvalue weighted by molar-refractivity contribution is 8.15. The minimum atomic E-state index is 0.0607. The predicted octanol–water partition coefficient (Wildman–Crippen LogP) is 1.37. The fraction of sp³-hybridized carbons (Fsp3) is 0.273. The van der Waals surface area contributed by atoms with Gasteiger partial charge in [0.2, 0.25) is 5.91 Å². The molecule has 17 heavy (non-hydrogen) atoms. The zero-order valence-electron chi connectivity index (χ0n) is 9.62. The molecule has 1 aliphatic rings. The van der Waals surface area contributed by atoms with Gasteiger partial charge in [0, 0.05) is 25.0 Å². The van der Waals surface area contributed by atoms with Gasteiger partial charge in [-0.05, 0) is 19.1 Å². The maximum atomic E-state index is 11.3. The Bertz CT molecular complexity index is 484. The Morgan fingerprint density at radius 1 is 1.47 bits per heavy atom. The number of rotatable bonds is 2. The molecule has 0 bridgehead atoms. The smallest absolute Gasteiger partial charge is 0.238 e. The second kappa shape index (κ2) is 5.09. The van der Waals surface area contributed by atoms with E-state index in [9.17, 15) is 4.79 Å². The number of aromatic nitrogens is 1. The van der Waals surface area contributed by atoms with Crippen molar-refractivity contribution in [2.75, 3.05) is 12.8 Å². The molecule has 0 radical (unpaired) electrons. The number of carbonyl (C=O) groups is 1. The average molecular weight is 248 g/mol. The third kappa shape index (κ3) is 2.71. The summed E-state index contributed by atoms with van der Waals surface area (Å²) < 4.78 is 0. The minimum absolute atomic E-state index is 0.0607. The van der Waals surface area contributed by atoms with Crippen LogP contribution in [0.25, 0.3) is 0 Å². The van der Waals surface area contributed by atoms with Gasteiger partial charge in [-0.1, -0.05) is 11.8 Å². The third-order valence-electron chi connectivity index (χ3n) is 2.37. The van der Waals surface area contributed by atoms with Crippen LogP contribution in [0.5, 0.6) is 0 Å². The molecule has 6 heteroatoms. The van der Waals surface area contributed by atoms with E-state index in [1.54, 1.807) is 19.4 Å². The first-order valence-corrected chi connectivity index (χ1v) is 6.09. The number of carbonyl (C=O) groups excluding carboxylic acids is 1. The van der Waals surface area contributed by atoms with Crippen molar-refractivity contribution in [2.24, 2.45) is 10.2 Å². The van der Waals surface area contributed by atoms with Crippen molar-refractivity contribution in [3.05, 3.63) is 30.1 Å². The maximum Gasteiger partial charge on any atom is 0.238 e. The first-order chi connectivity index (χ1) is 8.18. The molecular weight excluding hydrogens is 236 g/mol. The van der Waals surface area contributed by atoms with Crippen LogP contribution in [0.1, 0.15) is 12.5 Å². The summed E-state index contributed by atoms with van der Waals surface area (Å²) >= 11 is 1.40. The van der Waals surface area contributed by atoms with Gasteiger partial charge in [0.25, 0.3) is 0 Å². The normalized spacial score (nSPS) is 19.2. The molecule has 88 valence electrons. The lowest BCUT2D eigenvalue weighted by Crippen LogP contribution is -2.24. The lowest BCUT2D eigenvalue weighted by atomic mass is 10.2. The Labute approximate surface area is 104 Å². The van der Waals surface area contributed by atoms with E-state index < -0.39 is 0 Å². The van der Waals surface area contributed by atoms with Gasteiger partial charge in [-0.3, -0.25) is 14.7 Å². The monoisotopic (exact) mass is 248 g/mol. The van der Waals surface area contributed by atoms with Crippen molar-refractivity contribution in [1.29, 1.82) is 0 Å². The lowest BCUT2D eigenvalue weighted by Gasteiger charge is -2.05. The highest BCUT2D eigenvalue weighted by Gasteiger charge is 2.24. The molecule has 1 aromatic rings. The van der Waals surface area contributed by atoms with E-state index >= 15 is 0 Å². The Kier molecular flexibility index (Phi) is 3.53. The molecule has 5 nitrogen and oxygen atoms in total. The van der Waals surface area contributed by atoms with E-state index in [0.29, 0.717) is 10.9 Å². The zero-order chi connectivity index (χ0) is 12.3. The first kappa shape index (κ1) is 11.8. The van der Waals surface area contributed by atoms with Gasteiger partial charge in [-0.25, -0.2) is 0 Å². The topological polar surface area (TPSA) is 57.9 Å². The van der Waals surface area contributed by atoms with Crippen molar-refractivity contribution in [2.45, 2.75) is 6.92 Å². The van der Waals surface area contributed by atoms with Crippen molar-refractivity contribution in [1.82, 2.24) is 9.88 Å². The summed E-state index contributed by atoms with van der Waals surface area (Å²) in [5, 5.41) is 8.85. The SMILES string of the molecule is C/C(=N\N=C1/SCC(=O)N1C)c1ccncc1. The van der Waals surface area contributed by atoms with E-state index in [1.165, 1.54) is 16.7 Å². The Balaban J connectivity index is 2.16. The van der Waals surface area contributed by atoms with E-state index in [1.807, 2.05) is 19.1 Å². The molecule has 0 aromatic carbocycles. The lowest BCUT2D eigenvalue weighted by molar-refractivity contribution is -0.123. The van der Waals surface area contributed by atoms with Gasteiger partial charge in [0.1, 0.15) is 0 Å². The second-order valence-corrected chi connectivity index (χ2v) is 4.49. The quantitative estimate of drug-likeness (QED) is 0.586. The Morgan fingerprint density at radius 2 is 2.18 bits per heavy atom. The Hall–Kier alpha value is -1.69. The van der Waals surface area contributed by atoms with Crippen LogP contribution in [0.4, 0.5) is 0 Å². The van der Waals surface area contributed by atoms with Crippen LogP contribution in [0, 0.1) is 0 Å². The molecule has 1 fully saturated rings. The van der Waals surface area contributed by atoms with Crippen LogP contribution in [0.15, 0.2) is 34.7 Å². The number of thioether (sulfide) groups is 1. The second-order valence-electron chi connectivity index (χ2n) is 3.55. The van der Waals surface area contributed by atoms with Crippen LogP contribution in [-0.4, -0.2) is 39.5 Å². The zero-order valence-corrected chi connectivity index (χ0v) is 10.4. The van der Waals surface area contributed by atoms with Gasteiger partial charge in [-0.15, -0.1) is 5.10 Å². The fourth-order valence-electron chi connectivity index (χ4n) is 1.29. The van der Waals surface area contributed by atoms with Crippen molar-refractivity contribution < 1.29 is 4.79 Å². The van der Waals surface area contributed by atoms with Crippen LogP contribution < -0.4 is 0 Å². The van der Waals surface area contributed by atoms with Crippen molar-refractivity contribution in [3.63, 3.8) is 0 Å². The number of amides is 1. The molecule has 1 aliphatic heterocycles. The average Bonchev–Trinajstić information content (AvgIpc) is 2.68. The van der Waals surface area contributed by atoms with Gasteiger partial charge in [0.15, 0.2) is 5.17 Å². The molecule has 0 N–H and O–H groups in total. The third-order valence-corrected chi connectivity index (χ3v) is 3.37. The number of hydrogen-bond donors (Lipinski definition) is 0. The van der Waals surface area contributed by atoms with E-state index in [0.717, 1.165) is 11.3 Å². The van der Waals surface area contributed by atoms with Crippen molar-refractivity contribution >= 4 is 28.5 Å². The Morgan fingerprint density at radius 3 is 2.76 bits per heavy atom. The molecule has 1 amide bonds. The summed E-state index contributed by atoms with van der Waals surface area (Å²) in [5.74, 6) is 0.504. The number of pyridine rings is 1. The molecule has 2 rings (SSSR count). The molecular formula is C11H12N4OS. The van der Waals surface area contributed by atoms with Gasteiger partial charge >= 0.3 is 0 Å². The first-order valence-electron chi connectivity index (χ1n) is 5.10. The van der Waals surface area contributed by atoms with Crippen LogP contribution in [0.2, 0.25) is 0 Å². The molecule has 2 heterocycles. The molecule has 0 saturated carbocycles. The summed E-state index contributed by atoms with van der Waals surface area (Å²) in [6, 6.07) is 3.74.